The van der Waals surface area contributed by atoms with Gasteiger partial charge in [0, 0.05) is 5.92 Å². The number of hydrogen-bond donors (Lipinski definition) is 0. The highest BCUT2D eigenvalue weighted by atomic mass is 32.1. The fourth-order valence-electron chi connectivity index (χ4n) is 2.68. The third-order valence-corrected chi connectivity index (χ3v) is 4.86. The Hall–Kier alpha value is -1.95. The number of aromatic nitrogens is 1. The monoisotopic (exact) mass is 332 g/mol. The Labute approximate surface area is 138 Å². The smallest absolute Gasteiger partial charge is 0.326 e. The second-order valence-corrected chi connectivity index (χ2v) is 6.94. The standard InChI is InChI=1S/C17H20N2O3S/c1-4-22-14(20)9-19-15-11(3)7-10(2)8-13(15)23-17(19)18-16(21)12-5-6-12/h7-8,12H,4-6,9H2,1-3H3. The van der Waals surface area contributed by atoms with Crippen molar-refractivity contribution in [3.63, 3.8) is 0 Å². The molecule has 1 aliphatic rings. The van der Waals surface area contributed by atoms with Gasteiger partial charge in [-0.15, -0.1) is 0 Å². The van der Waals surface area contributed by atoms with E-state index in [0.717, 1.165) is 34.2 Å². The maximum Gasteiger partial charge on any atom is 0.326 e. The molecule has 1 saturated carbocycles. The van der Waals surface area contributed by atoms with E-state index in [-0.39, 0.29) is 24.3 Å². The fraction of sp³-hybridized carbons (Fsp3) is 0.471. The molecule has 0 aliphatic heterocycles. The number of benzene rings is 1. The summed E-state index contributed by atoms with van der Waals surface area (Å²) in [7, 11) is 0. The summed E-state index contributed by atoms with van der Waals surface area (Å²) in [5, 5.41) is 0. The number of hydrogen-bond acceptors (Lipinski definition) is 4. The largest absolute Gasteiger partial charge is 0.465 e. The Bertz CT molecular complexity index is 843. The van der Waals surface area contributed by atoms with Crippen LogP contribution in [0.3, 0.4) is 0 Å². The summed E-state index contributed by atoms with van der Waals surface area (Å²) in [6, 6.07) is 4.14. The van der Waals surface area contributed by atoms with Gasteiger partial charge in [0.1, 0.15) is 6.54 Å². The molecule has 23 heavy (non-hydrogen) atoms. The fourth-order valence-corrected chi connectivity index (χ4v) is 3.89. The highest BCUT2D eigenvalue weighted by Crippen LogP contribution is 2.30. The number of amides is 1. The van der Waals surface area contributed by atoms with Crippen molar-refractivity contribution in [3.8, 4) is 0 Å². The molecule has 1 aliphatic carbocycles. The molecule has 6 heteroatoms. The number of nitrogens with zero attached hydrogens (tertiary/aromatic N) is 2. The molecule has 1 aromatic heterocycles. The lowest BCUT2D eigenvalue weighted by Gasteiger charge is -2.07. The van der Waals surface area contributed by atoms with Gasteiger partial charge in [0.25, 0.3) is 5.91 Å². The lowest BCUT2D eigenvalue weighted by atomic mass is 10.1. The Kier molecular flexibility index (Phi) is 4.35. The average molecular weight is 332 g/mol. The summed E-state index contributed by atoms with van der Waals surface area (Å²) in [5.41, 5.74) is 3.18. The van der Waals surface area contributed by atoms with E-state index >= 15 is 0 Å². The molecule has 5 nitrogen and oxygen atoms in total. The van der Waals surface area contributed by atoms with Crippen molar-refractivity contribution < 1.29 is 14.3 Å². The van der Waals surface area contributed by atoms with E-state index in [1.807, 2.05) is 18.4 Å². The van der Waals surface area contributed by atoms with E-state index in [9.17, 15) is 9.59 Å². The van der Waals surface area contributed by atoms with Gasteiger partial charge in [0.2, 0.25) is 0 Å². The normalized spacial score (nSPS) is 15.2. The van der Waals surface area contributed by atoms with Gasteiger partial charge in [-0.05, 0) is 50.8 Å². The van der Waals surface area contributed by atoms with E-state index in [1.165, 1.54) is 11.3 Å². The minimum absolute atomic E-state index is 0.0686. The maximum atomic E-state index is 12.1. The summed E-state index contributed by atoms with van der Waals surface area (Å²) in [4.78, 5) is 28.9. The van der Waals surface area contributed by atoms with Crippen LogP contribution in [0.4, 0.5) is 0 Å². The van der Waals surface area contributed by atoms with E-state index in [1.54, 1.807) is 6.92 Å². The molecule has 0 unspecified atom stereocenters. The number of ether oxygens (including phenoxy) is 1. The van der Waals surface area contributed by atoms with Crippen LogP contribution < -0.4 is 4.80 Å². The van der Waals surface area contributed by atoms with Gasteiger partial charge in [-0.1, -0.05) is 17.4 Å². The first-order valence-corrected chi connectivity index (χ1v) is 8.66. The summed E-state index contributed by atoms with van der Waals surface area (Å²) in [6.45, 7) is 6.25. The molecular weight excluding hydrogens is 312 g/mol. The molecule has 1 aromatic carbocycles. The van der Waals surface area contributed by atoms with Crippen molar-refractivity contribution in [1.29, 1.82) is 0 Å². The second-order valence-electron chi connectivity index (χ2n) is 5.93. The number of esters is 1. The summed E-state index contributed by atoms with van der Waals surface area (Å²) in [5.74, 6) is -0.324. The van der Waals surface area contributed by atoms with Gasteiger partial charge in [0.05, 0.1) is 16.8 Å². The number of carbonyl (C=O) groups excluding carboxylic acids is 2. The molecule has 1 heterocycles. The van der Waals surface area contributed by atoms with Gasteiger partial charge in [0.15, 0.2) is 4.80 Å². The average Bonchev–Trinajstić information content (AvgIpc) is 3.25. The van der Waals surface area contributed by atoms with Crippen LogP contribution >= 0.6 is 11.3 Å². The van der Waals surface area contributed by atoms with Crippen molar-refractivity contribution in [2.24, 2.45) is 10.9 Å². The first-order chi connectivity index (χ1) is 11.0. The van der Waals surface area contributed by atoms with Crippen molar-refractivity contribution >= 4 is 33.4 Å². The topological polar surface area (TPSA) is 60.7 Å². The van der Waals surface area contributed by atoms with E-state index in [4.69, 9.17) is 4.74 Å². The molecule has 0 saturated heterocycles. The zero-order valence-corrected chi connectivity index (χ0v) is 14.4. The maximum absolute atomic E-state index is 12.1. The van der Waals surface area contributed by atoms with E-state index < -0.39 is 0 Å². The second kappa shape index (κ2) is 6.28. The summed E-state index contributed by atoms with van der Waals surface area (Å²) >= 11 is 1.45. The SMILES string of the molecule is CCOC(=O)Cn1c(=NC(=O)C2CC2)sc2cc(C)cc(C)c21. The number of aryl methyl sites for hydroxylation is 2. The van der Waals surface area contributed by atoms with Gasteiger partial charge in [-0.2, -0.15) is 4.99 Å². The molecule has 3 rings (SSSR count). The van der Waals surface area contributed by atoms with Crippen LogP contribution in [0, 0.1) is 19.8 Å². The Balaban J connectivity index is 2.15. The molecule has 1 fully saturated rings. The van der Waals surface area contributed by atoms with Crippen molar-refractivity contribution in [2.45, 2.75) is 40.2 Å². The van der Waals surface area contributed by atoms with E-state index in [2.05, 4.69) is 17.1 Å². The minimum Gasteiger partial charge on any atom is -0.465 e. The molecule has 0 bridgehead atoms. The van der Waals surface area contributed by atoms with Gasteiger partial charge in [-0.25, -0.2) is 0 Å². The molecule has 0 spiro atoms. The third kappa shape index (κ3) is 3.37. The molecule has 1 amide bonds. The molecule has 122 valence electrons. The van der Waals surface area contributed by atoms with Crippen LogP contribution in [0.15, 0.2) is 17.1 Å². The van der Waals surface area contributed by atoms with Crippen LogP contribution in [0.5, 0.6) is 0 Å². The predicted molar refractivity (Wildman–Crippen MR) is 89.2 cm³/mol. The number of carbonyl (C=O) groups is 2. The van der Waals surface area contributed by atoms with Gasteiger partial charge < -0.3 is 9.30 Å². The summed E-state index contributed by atoms with van der Waals surface area (Å²) < 4.78 is 7.91. The minimum atomic E-state index is -0.313. The lowest BCUT2D eigenvalue weighted by molar-refractivity contribution is -0.143. The molecule has 0 atom stereocenters. The van der Waals surface area contributed by atoms with Gasteiger partial charge >= 0.3 is 5.97 Å². The summed E-state index contributed by atoms with van der Waals surface area (Å²) in [6.07, 6.45) is 1.84. The van der Waals surface area contributed by atoms with Crippen LogP contribution in [0.2, 0.25) is 0 Å². The van der Waals surface area contributed by atoms with Crippen molar-refractivity contribution in [3.05, 3.63) is 28.1 Å². The molecule has 2 aromatic rings. The van der Waals surface area contributed by atoms with Crippen LogP contribution in [0.25, 0.3) is 10.2 Å². The van der Waals surface area contributed by atoms with E-state index in [0.29, 0.717) is 11.4 Å². The lowest BCUT2D eigenvalue weighted by Crippen LogP contribution is -2.23. The zero-order chi connectivity index (χ0) is 16.6. The van der Waals surface area contributed by atoms with Crippen LogP contribution in [-0.2, 0) is 20.9 Å². The van der Waals surface area contributed by atoms with Crippen LogP contribution in [-0.4, -0.2) is 23.1 Å². The van der Waals surface area contributed by atoms with Gasteiger partial charge in [-0.3, -0.25) is 9.59 Å². The quantitative estimate of drug-likeness (QED) is 0.809. The first kappa shape index (κ1) is 15.9. The number of thiazole rings is 1. The predicted octanol–water partition coefficient (Wildman–Crippen LogP) is 2.72. The molecular formula is C17H20N2O3S. The zero-order valence-electron chi connectivity index (χ0n) is 13.6. The third-order valence-electron chi connectivity index (χ3n) is 3.84. The Morgan fingerprint density at radius 3 is 2.74 bits per heavy atom. The first-order valence-electron chi connectivity index (χ1n) is 7.84. The number of rotatable bonds is 4. The molecule has 0 radical (unpaired) electrons. The van der Waals surface area contributed by atoms with Crippen LogP contribution in [0.1, 0.15) is 30.9 Å². The highest BCUT2D eigenvalue weighted by Gasteiger charge is 2.29. The Morgan fingerprint density at radius 1 is 1.35 bits per heavy atom. The van der Waals surface area contributed by atoms with Crippen molar-refractivity contribution in [1.82, 2.24) is 4.57 Å². The number of fused-ring (bicyclic) bond motifs is 1. The van der Waals surface area contributed by atoms with Crippen molar-refractivity contribution in [2.75, 3.05) is 6.61 Å². The molecule has 0 N–H and O–H groups in total. The Morgan fingerprint density at radius 2 is 2.09 bits per heavy atom. The highest BCUT2D eigenvalue weighted by molar-refractivity contribution is 7.16.